The van der Waals surface area contributed by atoms with Gasteiger partial charge in [-0.3, -0.25) is 0 Å². The Morgan fingerprint density at radius 1 is 1.47 bits per heavy atom. The van der Waals surface area contributed by atoms with Gasteiger partial charge in [-0.2, -0.15) is 0 Å². The van der Waals surface area contributed by atoms with Gasteiger partial charge in [0, 0.05) is 5.56 Å². The summed E-state index contributed by atoms with van der Waals surface area (Å²) in [6.45, 7) is 0. The largest absolute Gasteiger partial charge is 0.478 e. The van der Waals surface area contributed by atoms with Gasteiger partial charge in [0.25, 0.3) is 0 Å². The van der Waals surface area contributed by atoms with Crippen molar-refractivity contribution in [2.45, 2.75) is 0 Å². The second-order valence-electron chi connectivity index (χ2n) is 2.50. The maximum Gasteiger partial charge on any atom is 0.337 e. The summed E-state index contributed by atoms with van der Waals surface area (Å²) in [7, 11) is 0. The summed E-state index contributed by atoms with van der Waals surface area (Å²) in [5, 5.41) is 18.9. The van der Waals surface area contributed by atoms with E-state index in [1.807, 2.05) is 0 Å². The van der Waals surface area contributed by atoms with Gasteiger partial charge in [0.15, 0.2) is 0 Å². The zero-order chi connectivity index (χ0) is 11.6. The molecule has 15 heavy (non-hydrogen) atoms. The molecule has 0 fully saturated rings. The molecule has 4 nitrogen and oxygen atoms in total. The van der Waals surface area contributed by atoms with Crippen molar-refractivity contribution in [1.82, 2.24) is 0 Å². The Balaban J connectivity index is 3.55. The van der Waals surface area contributed by atoms with Crippen LogP contribution in [0, 0.1) is 5.82 Å². The fraction of sp³-hybridized carbons (Fsp3) is 0. The summed E-state index contributed by atoms with van der Waals surface area (Å²) in [5.41, 5.74) is -0.633. The van der Waals surface area contributed by atoms with Crippen molar-refractivity contribution < 1.29 is 19.5 Å². The van der Waals surface area contributed by atoms with Gasteiger partial charge < -0.3 is 10.3 Å². The van der Waals surface area contributed by atoms with E-state index < -0.39 is 22.4 Å². The van der Waals surface area contributed by atoms with Crippen molar-refractivity contribution in [2.75, 3.05) is 0 Å². The molecule has 0 amide bonds. The van der Waals surface area contributed by atoms with E-state index in [1.54, 1.807) is 0 Å². The predicted octanol–water partition coefficient (Wildman–Crippen LogP) is 2.64. The first-order chi connectivity index (χ1) is 6.99. The van der Waals surface area contributed by atoms with Crippen LogP contribution in [0.4, 0.5) is 4.39 Å². The minimum atomic E-state index is -1.40. The Morgan fingerprint density at radius 2 is 2.07 bits per heavy atom. The maximum atomic E-state index is 13.1. The van der Waals surface area contributed by atoms with E-state index in [1.165, 1.54) is 0 Å². The third-order valence-electron chi connectivity index (χ3n) is 1.61. The van der Waals surface area contributed by atoms with Crippen LogP contribution >= 0.6 is 23.2 Å². The number of rotatable bonds is 2. The molecule has 0 heterocycles. The fourth-order valence-corrected chi connectivity index (χ4v) is 1.48. The van der Waals surface area contributed by atoms with Crippen LogP contribution in [-0.4, -0.2) is 22.5 Å². The molecule has 0 aliphatic rings. The summed E-state index contributed by atoms with van der Waals surface area (Å²) in [6, 6.07) is 0.696. The third-order valence-corrected chi connectivity index (χ3v) is 2.40. The van der Waals surface area contributed by atoms with E-state index in [2.05, 4.69) is 5.16 Å². The monoisotopic (exact) mass is 251 g/mol. The Hall–Kier alpha value is -1.33. The molecule has 0 saturated carbocycles. The lowest BCUT2D eigenvalue weighted by Gasteiger charge is -2.05. The summed E-state index contributed by atoms with van der Waals surface area (Å²) in [5.74, 6) is -2.35. The Kier molecular flexibility index (Phi) is 3.49. The number of halogens is 3. The van der Waals surface area contributed by atoms with Gasteiger partial charge in [0.05, 0.1) is 21.8 Å². The quantitative estimate of drug-likeness (QED) is 0.368. The highest BCUT2D eigenvalue weighted by molar-refractivity contribution is 6.40. The summed E-state index contributed by atoms with van der Waals surface area (Å²) in [4.78, 5) is 10.6. The molecule has 0 radical (unpaired) electrons. The lowest BCUT2D eigenvalue weighted by atomic mass is 10.1. The zero-order valence-electron chi connectivity index (χ0n) is 7.04. The van der Waals surface area contributed by atoms with Crippen molar-refractivity contribution >= 4 is 35.4 Å². The summed E-state index contributed by atoms with van der Waals surface area (Å²) < 4.78 is 13.1. The standard InChI is InChI=1S/C8H4Cl2FNO3/c9-6-3(8(13)14)1-5(11)7(10)4(6)2-12-15/h1-2,15H,(H,13,14). The van der Waals surface area contributed by atoms with Gasteiger partial charge in [0.1, 0.15) is 5.82 Å². The van der Waals surface area contributed by atoms with Gasteiger partial charge in [-0.15, -0.1) is 0 Å². The van der Waals surface area contributed by atoms with Crippen molar-refractivity contribution in [3.05, 3.63) is 33.1 Å². The average molecular weight is 252 g/mol. The van der Waals surface area contributed by atoms with E-state index in [0.717, 1.165) is 6.21 Å². The number of benzene rings is 1. The number of nitrogens with zero attached hydrogens (tertiary/aromatic N) is 1. The maximum absolute atomic E-state index is 13.1. The van der Waals surface area contributed by atoms with E-state index in [-0.39, 0.29) is 10.6 Å². The van der Waals surface area contributed by atoms with Crippen LogP contribution in [0.15, 0.2) is 11.2 Å². The molecule has 1 aromatic carbocycles. The third kappa shape index (κ3) is 2.19. The lowest BCUT2D eigenvalue weighted by molar-refractivity contribution is 0.0696. The highest BCUT2D eigenvalue weighted by atomic mass is 35.5. The SMILES string of the molecule is O=C(O)c1cc(F)c(Cl)c(C=NO)c1Cl. The number of aromatic carboxylic acids is 1. The van der Waals surface area contributed by atoms with Crippen LogP contribution in [0.3, 0.4) is 0 Å². The highest BCUT2D eigenvalue weighted by Gasteiger charge is 2.18. The van der Waals surface area contributed by atoms with E-state index in [9.17, 15) is 9.18 Å². The Labute approximate surface area is 93.5 Å². The van der Waals surface area contributed by atoms with E-state index >= 15 is 0 Å². The first-order valence-electron chi connectivity index (χ1n) is 3.57. The first-order valence-corrected chi connectivity index (χ1v) is 4.32. The molecule has 80 valence electrons. The number of carboxylic acids is 1. The van der Waals surface area contributed by atoms with Gasteiger partial charge in [0.2, 0.25) is 0 Å². The van der Waals surface area contributed by atoms with Gasteiger partial charge >= 0.3 is 5.97 Å². The molecule has 0 aliphatic heterocycles. The van der Waals surface area contributed by atoms with Crippen LogP contribution in [0.2, 0.25) is 10.0 Å². The summed E-state index contributed by atoms with van der Waals surface area (Å²) in [6.07, 6.45) is 0.764. The number of hydrogen-bond acceptors (Lipinski definition) is 3. The van der Waals surface area contributed by atoms with Crippen molar-refractivity contribution in [2.24, 2.45) is 5.16 Å². The molecule has 1 rings (SSSR count). The summed E-state index contributed by atoms with van der Waals surface area (Å²) >= 11 is 11.1. The number of hydrogen-bond donors (Lipinski definition) is 2. The number of carbonyl (C=O) groups is 1. The molecule has 7 heteroatoms. The number of carboxylic acid groups (broad SMARTS) is 1. The van der Waals surface area contributed by atoms with Gasteiger partial charge in [-0.1, -0.05) is 28.4 Å². The molecular formula is C8H4Cl2FNO3. The highest BCUT2D eigenvalue weighted by Crippen LogP contribution is 2.29. The minimum absolute atomic E-state index is 0.182. The van der Waals surface area contributed by atoms with Crippen molar-refractivity contribution in [1.29, 1.82) is 0 Å². The number of oxime groups is 1. The topological polar surface area (TPSA) is 69.9 Å². The molecule has 0 spiro atoms. The second kappa shape index (κ2) is 4.46. The Bertz CT molecular complexity index is 448. The smallest absolute Gasteiger partial charge is 0.337 e. The van der Waals surface area contributed by atoms with Crippen LogP contribution < -0.4 is 0 Å². The van der Waals surface area contributed by atoms with Gasteiger partial charge in [-0.25, -0.2) is 9.18 Å². The molecule has 0 aromatic heterocycles. The predicted molar refractivity (Wildman–Crippen MR) is 52.8 cm³/mol. The van der Waals surface area contributed by atoms with Crippen LogP contribution in [0.1, 0.15) is 15.9 Å². The fourth-order valence-electron chi connectivity index (χ4n) is 0.950. The van der Waals surface area contributed by atoms with Crippen molar-refractivity contribution in [3.8, 4) is 0 Å². The van der Waals surface area contributed by atoms with E-state index in [0.29, 0.717) is 6.07 Å². The molecule has 0 bridgehead atoms. The Morgan fingerprint density at radius 3 is 2.53 bits per heavy atom. The molecule has 0 aliphatic carbocycles. The van der Waals surface area contributed by atoms with Crippen LogP contribution in [0.25, 0.3) is 0 Å². The van der Waals surface area contributed by atoms with Crippen LogP contribution in [0.5, 0.6) is 0 Å². The molecule has 0 saturated heterocycles. The van der Waals surface area contributed by atoms with Crippen molar-refractivity contribution in [3.63, 3.8) is 0 Å². The van der Waals surface area contributed by atoms with E-state index in [4.69, 9.17) is 33.5 Å². The molecule has 0 atom stereocenters. The minimum Gasteiger partial charge on any atom is -0.478 e. The normalized spacial score (nSPS) is 10.9. The zero-order valence-corrected chi connectivity index (χ0v) is 8.55. The van der Waals surface area contributed by atoms with Crippen LogP contribution in [-0.2, 0) is 0 Å². The molecule has 1 aromatic rings. The lowest BCUT2D eigenvalue weighted by Crippen LogP contribution is -2.02. The molecular weight excluding hydrogens is 248 g/mol. The second-order valence-corrected chi connectivity index (χ2v) is 3.25. The molecule has 2 N–H and O–H groups in total. The van der Waals surface area contributed by atoms with Gasteiger partial charge in [-0.05, 0) is 6.07 Å². The molecule has 0 unspecified atom stereocenters. The first kappa shape index (κ1) is 11.7. The average Bonchev–Trinajstić information content (AvgIpc) is 2.18.